The highest BCUT2D eigenvalue weighted by Crippen LogP contribution is 2.13. The van der Waals surface area contributed by atoms with Gasteiger partial charge in [0.2, 0.25) is 0 Å². The molecule has 1 fully saturated rings. The number of nitrogens with one attached hydrogen (secondary N) is 2. The van der Waals surface area contributed by atoms with Crippen molar-refractivity contribution in [2.24, 2.45) is 0 Å². The fourth-order valence-electron chi connectivity index (χ4n) is 2.15. The molecule has 0 unspecified atom stereocenters. The Bertz CT molecular complexity index is 558. The molecule has 3 amide bonds. The predicted molar refractivity (Wildman–Crippen MR) is 78.4 cm³/mol. The Labute approximate surface area is 132 Å². The molecule has 1 aliphatic heterocycles. The van der Waals surface area contributed by atoms with Gasteiger partial charge in [0.1, 0.15) is 6.61 Å². The van der Waals surface area contributed by atoms with Gasteiger partial charge in [-0.3, -0.25) is 25.4 Å². The van der Waals surface area contributed by atoms with E-state index in [1.807, 2.05) is 0 Å². The van der Waals surface area contributed by atoms with E-state index >= 15 is 0 Å². The summed E-state index contributed by atoms with van der Waals surface area (Å²) < 4.78 is 5.42. The van der Waals surface area contributed by atoms with Crippen molar-refractivity contribution in [2.75, 3.05) is 19.7 Å². The van der Waals surface area contributed by atoms with Crippen LogP contribution in [0.1, 0.15) is 23.2 Å². The number of aromatic nitrogens is 1. The second-order valence-corrected chi connectivity index (χ2v) is 5.02. The molecule has 1 saturated heterocycles. The molecule has 1 aromatic rings. The summed E-state index contributed by atoms with van der Waals surface area (Å²) in [6.07, 6.45) is 2.94. The third-order valence-electron chi connectivity index (χ3n) is 3.42. The lowest BCUT2D eigenvalue weighted by Crippen LogP contribution is -2.45. The number of amides is 3. The molecule has 0 aromatic carbocycles. The van der Waals surface area contributed by atoms with Crippen LogP contribution in [0.2, 0.25) is 0 Å². The molecule has 0 aliphatic carbocycles. The van der Waals surface area contributed by atoms with Crippen LogP contribution < -0.4 is 10.9 Å². The highest BCUT2D eigenvalue weighted by Gasteiger charge is 2.23. The summed E-state index contributed by atoms with van der Waals surface area (Å²) in [5.74, 6) is -0.927. The van der Waals surface area contributed by atoms with Gasteiger partial charge in [-0.1, -0.05) is 0 Å². The van der Waals surface area contributed by atoms with Crippen LogP contribution in [-0.2, 0) is 9.53 Å². The zero-order valence-electron chi connectivity index (χ0n) is 12.4. The molecule has 2 rings (SSSR count). The average Bonchev–Trinajstić information content (AvgIpc) is 2.59. The molecular formula is C14H18N4O5. The first-order chi connectivity index (χ1) is 11.1. The third kappa shape index (κ3) is 5.22. The molecule has 9 nitrogen and oxygen atoms in total. The monoisotopic (exact) mass is 322 g/mol. The minimum atomic E-state index is -0.944. The molecule has 0 saturated carbocycles. The summed E-state index contributed by atoms with van der Waals surface area (Å²) >= 11 is 0. The van der Waals surface area contributed by atoms with Gasteiger partial charge in [0, 0.05) is 31.0 Å². The Kier molecular flexibility index (Phi) is 5.87. The summed E-state index contributed by atoms with van der Waals surface area (Å²) in [7, 11) is 0. The van der Waals surface area contributed by atoms with Crippen LogP contribution in [0.25, 0.3) is 0 Å². The lowest BCUT2D eigenvalue weighted by atomic mass is 10.1. The Morgan fingerprint density at radius 1 is 1.22 bits per heavy atom. The number of carboxylic acid groups (broad SMARTS) is 1. The van der Waals surface area contributed by atoms with E-state index in [2.05, 4.69) is 15.8 Å². The van der Waals surface area contributed by atoms with Gasteiger partial charge >= 0.3 is 6.09 Å². The fourth-order valence-corrected chi connectivity index (χ4v) is 2.15. The van der Waals surface area contributed by atoms with E-state index in [0.717, 1.165) is 0 Å². The fraction of sp³-hybridized carbons (Fsp3) is 0.429. The quantitative estimate of drug-likeness (QED) is 0.671. The molecule has 1 aromatic heterocycles. The molecule has 0 radical (unpaired) electrons. The molecule has 0 bridgehead atoms. The van der Waals surface area contributed by atoms with E-state index in [-0.39, 0.29) is 12.7 Å². The Morgan fingerprint density at radius 2 is 1.87 bits per heavy atom. The van der Waals surface area contributed by atoms with Crippen LogP contribution in [0, 0.1) is 0 Å². The molecule has 9 heteroatoms. The van der Waals surface area contributed by atoms with E-state index in [1.54, 1.807) is 0 Å². The van der Waals surface area contributed by atoms with Gasteiger partial charge in [-0.2, -0.15) is 0 Å². The normalized spacial score (nSPS) is 15.0. The number of likely N-dealkylation sites (tertiary alicyclic amines) is 1. The number of nitrogens with zero attached hydrogens (tertiary/aromatic N) is 2. The topological polar surface area (TPSA) is 121 Å². The number of hydrogen-bond acceptors (Lipinski definition) is 5. The van der Waals surface area contributed by atoms with Gasteiger partial charge in [0.25, 0.3) is 11.8 Å². The van der Waals surface area contributed by atoms with Crippen LogP contribution >= 0.6 is 0 Å². The predicted octanol–water partition coefficient (Wildman–Crippen LogP) is 0.00160. The summed E-state index contributed by atoms with van der Waals surface area (Å²) in [5, 5.41) is 8.84. The highest BCUT2D eigenvalue weighted by atomic mass is 16.5. The van der Waals surface area contributed by atoms with Crippen molar-refractivity contribution in [1.29, 1.82) is 0 Å². The van der Waals surface area contributed by atoms with Crippen molar-refractivity contribution in [1.82, 2.24) is 20.7 Å². The van der Waals surface area contributed by atoms with Crippen LogP contribution in [0.15, 0.2) is 24.5 Å². The van der Waals surface area contributed by atoms with Crippen molar-refractivity contribution in [2.45, 2.75) is 18.9 Å². The standard InChI is InChI=1S/C14H18N4O5/c19-12(16-17-13(20)10-1-5-15-6-2-10)9-23-11-3-7-18(8-4-11)14(21)22/h1-2,5-6,11H,3-4,7-9H2,(H,16,19)(H,17,20)(H,21,22). The molecule has 2 heterocycles. The lowest BCUT2D eigenvalue weighted by molar-refractivity contribution is -0.129. The first-order valence-electron chi connectivity index (χ1n) is 7.15. The Balaban J connectivity index is 1.64. The zero-order chi connectivity index (χ0) is 16.7. The van der Waals surface area contributed by atoms with Gasteiger partial charge < -0.3 is 14.7 Å². The first-order valence-corrected chi connectivity index (χ1v) is 7.15. The second kappa shape index (κ2) is 8.08. The summed E-state index contributed by atoms with van der Waals surface area (Å²) in [6, 6.07) is 3.04. The van der Waals surface area contributed by atoms with Gasteiger partial charge in [-0.05, 0) is 25.0 Å². The molecule has 124 valence electrons. The van der Waals surface area contributed by atoms with Crippen molar-refractivity contribution in [3.63, 3.8) is 0 Å². The number of carbonyl (C=O) groups excluding carboxylic acids is 2. The van der Waals surface area contributed by atoms with Crippen LogP contribution in [0.3, 0.4) is 0 Å². The number of ether oxygens (including phenoxy) is 1. The largest absolute Gasteiger partial charge is 0.465 e. The van der Waals surface area contributed by atoms with E-state index < -0.39 is 17.9 Å². The molecular weight excluding hydrogens is 304 g/mol. The molecule has 0 atom stereocenters. The Morgan fingerprint density at radius 3 is 2.48 bits per heavy atom. The lowest BCUT2D eigenvalue weighted by Gasteiger charge is -2.29. The number of carbonyl (C=O) groups is 3. The number of hydrazine groups is 1. The third-order valence-corrected chi connectivity index (χ3v) is 3.42. The summed E-state index contributed by atoms with van der Waals surface area (Å²) in [6.45, 7) is 0.579. The molecule has 23 heavy (non-hydrogen) atoms. The van der Waals surface area contributed by atoms with Crippen LogP contribution in [0.4, 0.5) is 4.79 Å². The average molecular weight is 322 g/mol. The van der Waals surface area contributed by atoms with Crippen molar-refractivity contribution < 1.29 is 24.2 Å². The zero-order valence-corrected chi connectivity index (χ0v) is 12.4. The van der Waals surface area contributed by atoms with E-state index in [1.165, 1.54) is 29.4 Å². The first kappa shape index (κ1) is 16.7. The SMILES string of the molecule is O=C(COC1CCN(C(=O)O)CC1)NNC(=O)c1ccncc1. The summed E-state index contributed by atoms with van der Waals surface area (Å²) in [4.78, 5) is 39.2. The number of rotatable bonds is 4. The van der Waals surface area contributed by atoms with Crippen LogP contribution in [-0.4, -0.2) is 58.7 Å². The van der Waals surface area contributed by atoms with Gasteiger partial charge in [-0.25, -0.2) is 4.79 Å². The van der Waals surface area contributed by atoms with Crippen molar-refractivity contribution in [3.8, 4) is 0 Å². The smallest absolute Gasteiger partial charge is 0.407 e. The van der Waals surface area contributed by atoms with Gasteiger partial charge in [0.05, 0.1) is 6.10 Å². The van der Waals surface area contributed by atoms with Crippen molar-refractivity contribution in [3.05, 3.63) is 30.1 Å². The minimum Gasteiger partial charge on any atom is -0.465 e. The van der Waals surface area contributed by atoms with Gasteiger partial charge in [0.15, 0.2) is 0 Å². The maximum atomic E-state index is 11.7. The van der Waals surface area contributed by atoms with Gasteiger partial charge in [-0.15, -0.1) is 0 Å². The number of hydrogen-bond donors (Lipinski definition) is 3. The van der Waals surface area contributed by atoms with Crippen molar-refractivity contribution >= 4 is 17.9 Å². The van der Waals surface area contributed by atoms with E-state index in [4.69, 9.17) is 9.84 Å². The summed E-state index contributed by atoms with van der Waals surface area (Å²) in [5.41, 5.74) is 4.91. The maximum absolute atomic E-state index is 11.7. The highest BCUT2D eigenvalue weighted by molar-refractivity contribution is 5.95. The molecule has 1 aliphatic rings. The van der Waals surface area contributed by atoms with Crippen LogP contribution in [0.5, 0.6) is 0 Å². The second-order valence-electron chi connectivity index (χ2n) is 5.02. The van der Waals surface area contributed by atoms with E-state index in [9.17, 15) is 14.4 Å². The maximum Gasteiger partial charge on any atom is 0.407 e. The minimum absolute atomic E-state index is 0.160. The Hall–Kier alpha value is -2.68. The molecule has 0 spiro atoms. The number of piperidine rings is 1. The number of pyridine rings is 1. The molecule has 3 N–H and O–H groups in total. The van der Waals surface area contributed by atoms with E-state index in [0.29, 0.717) is 31.5 Å².